The summed E-state index contributed by atoms with van der Waals surface area (Å²) in [5.41, 5.74) is 3.07. The number of aliphatic hydroxyl groups is 1. The summed E-state index contributed by atoms with van der Waals surface area (Å²) in [4.78, 5) is 14.5. The third-order valence-corrected chi connectivity index (χ3v) is 5.21. The molecule has 0 aromatic heterocycles. The molecule has 1 fully saturated rings. The Morgan fingerprint density at radius 2 is 1.88 bits per heavy atom. The predicted octanol–water partition coefficient (Wildman–Crippen LogP) is 3.63. The molecule has 2 aromatic rings. The number of anilines is 1. The smallest absolute Gasteiger partial charge is 0.238 e. The summed E-state index contributed by atoms with van der Waals surface area (Å²) in [6, 6.07) is 17.9. The third-order valence-electron chi connectivity index (χ3n) is 5.21. The van der Waals surface area contributed by atoms with Gasteiger partial charge in [0.1, 0.15) is 0 Å². The third kappa shape index (κ3) is 4.93. The van der Waals surface area contributed by atoms with E-state index in [-0.39, 0.29) is 11.8 Å². The molecule has 0 bridgehead atoms. The molecule has 2 aromatic carbocycles. The van der Waals surface area contributed by atoms with Crippen molar-refractivity contribution in [2.75, 3.05) is 25.0 Å². The van der Waals surface area contributed by atoms with E-state index >= 15 is 0 Å². The molecule has 1 heterocycles. The van der Waals surface area contributed by atoms with Crippen molar-refractivity contribution in [2.45, 2.75) is 32.3 Å². The van der Waals surface area contributed by atoms with Crippen LogP contribution in [-0.4, -0.2) is 35.5 Å². The first-order chi connectivity index (χ1) is 12.7. The SMILES string of the molecule is CCc1cccc(NC(=O)CN2CCC(C(O)c3ccccc3)CC2)c1. The fraction of sp³-hybridized carbons (Fsp3) is 0.409. The van der Waals surface area contributed by atoms with Gasteiger partial charge in [-0.1, -0.05) is 49.4 Å². The highest BCUT2D eigenvalue weighted by molar-refractivity contribution is 5.92. The maximum absolute atomic E-state index is 12.3. The number of amides is 1. The Hall–Kier alpha value is -2.17. The largest absolute Gasteiger partial charge is 0.388 e. The van der Waals surface area contributed by atoms with E-state index in [2.05, 4.69) is 23.2 Å². The van der Waals surface area contributed by atoms with Crippen LogP contribution in [0.15, 0.2) is 54.6 Å². The van der Waals surface area contributed by atoms with Gasteiger partial charge in [-0.25, -0.2) is 0 Å². The van der Waals surface area contributed by atoms with Crippen LogP contribution in [0.2, 0.25) is 0 Å². The van der Waals surface area contributed by atoms with E-state index in [4.69, 9.17) is 0 Å². The van der Waals surface area contributed by atoms with Gasteiger partial charge in [0.15, 0.2) is 0 Å². The van der Waals surface area contributed by atoms with Crippen molar-refractivity contribution in [1.29, 1.82) is 0 Å². The van der Waals surface area contributed by atoms with Crippen LogP contribution in [0.3, 0.4) is 0 Å². The van der Waals surface area contributed by atoms with Crippen LogP contribution in [0.1, 0.15) is 37.0 Å². The van der Waals surface area contributed by atoms with Crippen molar-refractivity contribution in [2.24, 2.45) is 5.92 Å². The van der Waals surface area contributed by atoms with Gasteiger partial charge in [-0.15, -0.1) is 0 Å². The van der Waals surface area contributed by atoms with E-state index < -0.39 is 6.10 Å². The van der Waals surface area contributed by atoms with E-state index in [0.29, 0.717) is 6.54 Å². The highest BCUT2D eigenvalue weighted by Gasteiger charge is 2.26. The second-order valence-corrected chi connectivity index (χ2v) is 7.07. The molecule has 1 amide bonds. The van der Waals surface area contributed by atoms with Crippen LogP contribution in [0.5, 0.6) is 0 Å². The summed E-state index contributed by atoms with van der Waals surface area (Å²) < 4.78 is 0. The second kappa shape index (κ2) is 8.97. The Morgan fingerprint density at radius 3 is 2.58 bits per heavy atom. The summed E-state index contributed by atoms with van der Waals surface area (Å²) in [6.45, 7) is 4.20. The van der Waals surface area contributed by atoms with Crippen LogP contribution < -0.4 is 5.32 Å². The number of carbonyl (C=O) groups excluding carboxylic acids is 1. The summed E-state index contributed by atoms with van der Waals surface area (Å²) in [6.07, 6.45) is 2.37. The van der Waals surface area contributed by atoms with Gasteiger partial charge in [-0.05, 0) is 61.5 Å². The number of aryl methyl sites for hydroxylation is 1. The number of rotatable bonds is 6. The van der Waals surface area contributed by atoms with Crippen LogP contribution in [0.4, 0.5) is 5.69 Å². The summed E-state index contributed by atoms with van der Waals surface area (Å²) in [7, 11) is 0. The van der Waals surface area contributed by atoms with E-state index in [0.717, 1.165) is 43.6 Å². The lowest BCUT2D eigenvalue weighted by Gasteiger charge is -2.34. The van der Waals surface area contributed by atoms with Crippen molar-refractivity contribution in [3.8, 4) is 0 Å². The Balaban J connectivity index is 1.47. The van der Waals surface area contributed by atoms with Crippen LogP contribution in [0.25, 0.3) is 0 Å². The number of benzene rings is 2. The first-order valence-corrected chi connectivity index (χ1v) is 9.50. The maximum Gasteiger partial charge on any atom is 0.238 e. The fourth-order valence-corrected chi connectivity index (χ4v) is 3.62. The summed E-state index contributed by atoms with van der Waals surface area (Å²) >= 11 is 0. The molecule has 0 spiro atoms. The monoisotopic (exact) mass is 352 g/mol. The van der Waals surface area contributed by atoms with Gasteiger partial charge in [-0.2, -0.15) is 0 Å². The fourth-order valence-electron chi connectivity index (χ4n) is 3.62. The molecule has 1 aliphatic heterocycles. The number of aliphatic hydroxyl groups excluding tert-OH is 1. The molecular weight excluding hydrogens is 324 g/mol. The van der Waals surface area contributed by atoms with Crippen molar-refractivity contribution >= 4 is 11.6 Å². The number of hydrogen-bond acceptors (Lipinski definition) is 3. The van der Waals surface area contributed by atoms with Gasteiger partial charge >= 0.3 is 0 Å². The molecule has 1 unspecified atom stereocenters. The molecule has 4 nitrogen and oxygen atoms in total. The zero-order valence-corrected chi connectivity index (χ0v) is 15.4. The van der Waals surface area contributed by atoms with Crippen LogP contribution in [-0.2, 0) is 11.2 Å². The minimum Gasteiger partial charge on any atom is -0.388 e. The van der Waals surface area contributed by atoms with Gasteiger partial charge in [0.2, 0.25) is 5.91 Å². The maximum atomic E-state index is 12.3. The van der Waals surface area contributed by atoms with Crippen molar-refractivity contribution in [3.63, 3.8) is 0 Å². The molecule has 1 atom stereocenters. The topological polar surface area (TPSA) is 52.6 Å². The number of nitrogens with one attached hydrogen (secondary N) is 1. The van der Waals surface area contributed by atoms with Crippen molar-refractivity contribution in [3.05, 3.63) is 65.7 Å². The zero-order chi connectivity index (χ0) is 18.4. The second-order valence-electron chi connectivity index (χ2n) is 7.07. The number of nitrogens with zero attached hydrogens (tertiary/aromatic N) is 1. The van der Waals surface area contributed by atoms with E-state index in [1.54, 1.807) is 0 Å². The van der Waals surface area contributed by atoms with Crippen molar-refractivity contribution in [1.82, 2.24) is 4.90 Å². The van der Waals surface area contributed by atoms with Gasteiger partial charge in [-0.3, -0.25) is 9.69 Å². The highest BCUT2D eigenvalue weighted by Crippen LogP contribution is 2.30. The minimum absolute atomic E-state index is 0.0281. The van der Waals surface area contributed by atoms with Gasteiger partial charge in [0, 0.05) is 5.69 Å². The predicted molar refractivity (Wildman–Crippen MR) is 105 cm³/mol. The minimum atomic E-state index is -0.413. The molecule has 0 saturated carbocycles. The first-order valence-electron chi connectivity index (χ1n) is 9.50. The van der Waals surface area contributed by atoms with Gasteiger partial charge < -0.3 is 10.4 Å². The molecule has 0 aliphatic carbocycles. The Labute approximate surface area is 155 Å². The molecule has 3 rings (SSSR count). The van der Waals surface area contributed by atoms with E-state index in [1.165, 1.54) is 5.56 Å². The lowest BCUT2D eigenvalue weighted by atomic mass is 9.87. The van der Waals surface area contributed by atoms with E-state index in [9.17, 15) is 9.90 Å². The van der Waals surface area contributed by atoms with Gasteiger partial charge in [0.25, 0.3) is 0 Å². The zero-order valence-electron chi connectivity index (χ0n) is 15.4. The highest BCUT2D eigenvalue weighted by atomic mass is 16.3. The average molecular weight is 352 g/mol. The van der Waals surface area contributed by atoms with Crippen LogP contribution in [0, 0.1) is 5.92 Å². The molecule has 4 heteroatoms. The lowest BCUT2D eigenvalue weighted by Crippen LogP contribution is -2.40. The molecule has 0 radical (unpaired) electrons. The molecule has 26 heavy (non-hydrogen) atoms. The summed E-state index contributed by atoms with van der Waals surface area (Å²) in [5.74, 6) is 0.290. The van der Waals surface area contributed by atoms with Crippen LogP contribution >= 0.6 is 0 Å². The number of carbonyl (C=O) groups is 1. The number of piperidine rings is 1. The van der Waals surface area contributed by atoms with Gasteiger partial charge in [0.05, 0.1) is 12.6 Å². The molecule has 1 saturated heterocycles. The average Bonchev–Trinajstić information content (AvgIpc) is 2.69. The normalized spacial score (nSPS) is 17.0. The summed E-state index contributed by atoms with van der Waals surface area (Å²) in [5, 5.41) is 13.6. The quantitative estimate of drug-likeness (QED) is 0.835. The molecular formula is C22H28N2O2. The molecule has 138 valence electrons. The molecule has 2 N–H and O–H groups in total. The lowest BCUT2D eigenvalue weighted by molar-refractivity contribution is -0.117. The first kappa shape index (κ1) is 18.6. The Kier molecular flexibility index (Phi) is 6.42. The van der Waals surface area contributed by atoms with E-state index in [1.807, 2.05) is 48.5 Å². The standard InChI is InChI=1S/C22H28N2O2/c1-2-17-7-6-10-20(15-17)23-21(25)16-24-13-11-19(12-14-24)22(26)18-8-4-3-5-9-18/h3-10,15,19,22,26H,2,11-14,16H2,1H3,(H,23,25). The Morgan fingerprint density at radius 1 is 1.15 bits per heavy atom. The molecule has 1 aliphatic rings. The number of hydrogen-bond donors (Lipinski definition) is 2. The van der Waals surface area contributed by atoms with Crippen molar-refractivity contribution < 1.29 is 9.90 Å². The number of likely N-dealkylation sites (tertiary alicyclic amines) is 1. The Bertz CT molecular complexity index is 709.